The van der Waals surface area contributed by atoms with Gasteiger partial charge in [-0.2, -0.15) is 0 Å². The fourth-order valence-corrected chi connectivity index (χ4v) is 3.52. The molecule has 2 aliphatic heterocycles. The molecule has 0 radical (unpaired) electrons. The molecule has 1 aromatic carbocycles. The third-order valence-electron chi connectivity index (χ3n) is 4.87. The number of ketones is 1. The van der Waals surface area contributed by atoms with Crippen LogP contribution in [0.4, 0.5) is 0 Å². The Hall–Kier alpha value is -2.17. The molecule has 1 aromatic rings. The molecule has 5 nitrogen and oxygen atoms in total. The predicted molar refractivity (Wildman–Crippen MR) is 85.9 cm³/mol. The average Bonchev–Trinajstić information content (AvgIpc) is 3.05. The second-order valence-electron chi connectivity index (χ2n) is 6.34. The first kappa shape index (κ1) is 15.7. The third-order valence-corrected chi connectivity index (χ3v) is 4.87. The van der Waals surface area contributed by atoms with E-state index in [1.165, 1.54) is 0 Å². The maximum absolute atomic E-state index is 12.5. The first-order valence-electron chi connectivity index (χ1n) is 8.26. The lowest BCUT2D eigenvalue weighted by Gasteiger charge is -2.41. The third kappa shape index (κ3) is 3.14. The zero-order valence-electron chi connectivity index (χ0n) is 13.4. The fourth-order valence-electron chi connectivity index (χ4n) is 3.52. The summed E-state index contributed by atoms with van der Waals surface area (Å²) < 4.78 is 0. The summed E-state index contributed by atoms with van der Waals surface area (Å²) in [5, 5.41) is 0. The summed E-state index contributed by atoms with van der Waals surface area (Å²) in [6, 6.07) is 8.75. The van der Waals surface area contributed by atoms with Gasteiger partial charge in [0.15, 0.2) is 5.78 Å². The highest BCUT2D eigenvalue weighted by Gasteiger charge is 2.41. The van der Waals surface area contributed by atoms with E-state index in [2.05, 4.69) is 0 Å². The van der Waals surface area contributed by atoms with Crippen LogP contribution >= 0.6 is 0 Å². The number of hydrogen-bond donors (Lipinski definition) is 0. The number of fused-ring (bicyclic) bond motifs is 1. The number of carbonyl (C=O) groups excluding carboxylic acids is 3. The van der Waals surface area contributed by atoms with Crippen LogP contribution in [0.5, 0.6) is 0 Å². The van der Waals surface area contributed by atoms with Gasteiger partial charge >= 0.3 is 0 Å². The van der Waals surface area contributed by atoms with Gasteiger partial charge in [-0.1, -0.05) is 30.3 Å². The van der Waals surface area contributed by atoms with Gasteiger partial charge in [-0.25, -0.2) is 0 Å². The summed E-state index contributed by atoms with van der Waals surface area (Å²) in [4.78, 5) is 40.5. The SMILES string of the molecule is C[C@H]1C(=O)N2CCC[C@@H]2CN1C(=O)CCC(=O)c1ccccc1. The van der Waals surface area contributed by atoms with Crippen molar-refractivity contribution < 1.29 is 14.4 Å². The minimum Gasteiger partial charge on any atom is -0.336 e. The molecule has 2 saturated heterocycles. The summed E-state index contributed by atoms with van der Waals surface area (Å²) in [5.74, 6) is -0.0828. The molecule has 5 heteroatoms. The van der Waals surface area contributed by atoms with E-state index in [1.54, 1.807) is 24.0 Å². The number of nitrogens with zero attached hydrogens (tertiary/aromatic N) is 2. The molecule has 2 atom stereocenters. The predicted octanol–water partition coefficient (Wildman–Crippen LogP) is 1.87. The standard InChI is InChI=1S/C18H22N2O3/c1-13-18(23)19-11-5-8-15(19)12-20(13)17(22)10-9-16(21)14-6-3-2-4-7-14/h2-4,6-7,13,15H,5,8-12H2,1H3/t13-,15+/m0/s1. The number of rotatable bonds is 4. The lowest BCUT2D eigenvalue weighted by Crippen LogP contribution is -2.60. The Bertz CT molecular complexity index is 614. The van der Waals surface area contributed by atoms with Crippen LogP contribution in [-0.2, 0) is 9.59 Å². The summed E-state index contributed by atoms with van der Waals surface area (Å²) in [5.41, 5.74) is 0.630. The molecule has 2 fully saturated rings. The van der Waals surface area contributed by atoms with Gasteiger partial charge in [-0.15, -0.1) is 0 Å². The van der Waals surface area contributed by atoms with Crippen molar-refractivity contribution in [3.63, 3.8) is 0 Å². The molecule has 23 heavy (non-hydrogen) atoms. The van der Waals surface area contributed by atoms with Crippen LogP contribution in [0.25, 0.3) is 0 Å². The molecule has 3 rings (SSSR count). The number of hydrogen-bond acceptors (Lipinski definition) is 3. The number of Topliss-reactive ketones (excluding diaryl/α,β-unsaturated/α-hetero) is 1. The molecule has 0 aromatic heterocycles. The Morgan fingerprint density at radius 1 is 1.17 bits per heavy atom. The van der Waals surface area contributed by atoms with Gasteiger partial charge in [0.25, 0.3) is 0 Å². The topological polar surface area (TPSA) is 57.7 Å². The summed E-state index contributed by atoms with van der Waals surface area (Å²) in [7, 11) is 0. The maximum Gasteiger partial charge on any atom is 0.245 e. The highest BCUT2D eigenvalue weighted by Crippen LogP contribution is 2.26. The molecule has 0 N–H and O–H groups in total. The van der Waals surface area contributed by atoms with E-state index in [4.69, 9.17) is 0 Å². The Morgan fingerprint density at radius 3 is 2.65 bits per heavy atom. The van der Waals surface area contributed by atoms with Crippen molar-refractivity contribution in [3.05, 3.63) is 35.9 Å². The van der Waals surface area contributed by atoms with Crippen LogP contribution in [0.2, 0.25) is 0 Å². The molecule has 2 aliphatic rings. The lowest BCUT2D eigenvalue weighted by atomic mass is 10.0. The van der Waals surface area contributed by atoms with E-state index in [0.717, 1.165) is 19.4 Å². The zero-order valence-corrected chi connectivity index (χ0v) is 13.4. The highest BCUT2D eigenvalue weighted by molar-refractivity contribution is 5.98. The number of amides is 2. The monoisotopic (exact) mass is 314 g/mol. The van der Waals surface area contributed by atoms with Crippen LogP contribution in [0.3, 0.4) is 0 Å². The summed E-state index contributed by atoms with van der Waals surface area (Å²) in [6.45, 7) is 3.20. The second-order valence-corrected chi connectivity index (χ2v) is 6.34. The molecule has 0 unspecified atom stereocenters. The number of carbonyl (C=O) groups is 3. The maximum atomic E-state index is 12.5. The summed E-state index contributed by atoms with van der Waals surface area (Å²) in [6.07, 6.45) is 2.33. The van der Waals surface area contributed by atoms with Crippen LogP contribution in [0.1, 0.15) is 43.0 Å². The van der Waals surface area contributed by atoms with E-state index >= 15 is 0 Å². The second kappa shape index (κ2) is 6.52. The fraction of sp³-hybridized carbons (Fsp3) is 0.500. The molecule has 122 valence electrons. The van der Waals surface area contributed by atoms with Crippen LogP contribution in [-0.4, -0.2) is 52.6 Å². The first-order chi connectivity index (χ1) is 11.1. The largest absolute Gasteiger partial charge is 0.336 e. The van der Waals surface area contributed by atoms with E-state index in [0.29, 0.717) is 12.1 Å². The van der Waals surface area contributed by atoms with Gasteiger partial charge in [0, 0.05) is 37.5 Å². The molecular weight excluding hydrogens is 292 g/mol. The van der Waals surface area contributed by atoms with Crippen LogP contribution in [0.15, 0.2) is 30.3 Å². The minimum atomic E-state index is -0.413. The Balaban J connectivity index is 1.59. The van der Waals surface area contributed by atoms with Gasteiger partial charge in [-0.3, -0.25) is 14.4 Å². The molecule has 0 bridgehead atoms. The lowest BCUT2D eigenvalue weighted by molar-refractivity contribution is -0.152. The van der Waals surface area contributed by atoms with Gasteiger partial charge < -0.3 is 9.80 Å². The summed E-state index contributed by atoms with van der Waals surface area (Å²) >= 11 is 0. The van der Waals surface area contributed by atoms with Gasteiger partial charge in [-0.05, 0) is 19.8 Å². The van der Waals surface area contributed by atoms with Crippen molar-refractivity contribution in [3.8, 4) is 0 Å². The van der Waals surface area contributed by atoms with E-state index in [-0.39, 0.29) is 36.5 Å². The van der Waals surface area contributed by atoms with Crippen LogP contribution in [0, 0.1) is 0 Å². The zero-order chi connectivity index (χ0) is 16.4. The Morgan fingerprint density at radius 2 is 1.91 bits per heavy atom. The van der Waals surface area contributed by atoms with E-state index < -0.39 is 6.04 Å². The van der Waals surface area contributed by atoms with Crippen molar-refractivity contribution in [2.75, 3.05) is 13.1 Å². The average molecular weight is 314 g/mol. The van der Waals surface area contributed by atoms with Crippen molar-refractivity contribution in [1.82, 2.24) is 9.80 Å². The van der Waals surface area contributed by atoms with Crippen molar-refractivity contribution in [2.45, 2.75) is 44.7 Å². The quantitative estimate of drug-likeness (QED) is 0.797. The molecule has 0 saturated carbocycles. The van der Waals surface area contributed by atoms with Gasteiger partial charge in [0.05, 0.1) is 0 Å². The van der Waals surface area contributed by atoms with Crippen molar-refractivity contribution in [1.29, 1.82) is 0 Å². The number of piperazine rings is 1. The normalized spacial score (nSPS) is 23.8. The molecule has 2 amide bonds. The Labute approximate surface area is 136 Å². The molecule has 2 heterocycles. The molecule has 0 spiro atoms. The first-order valence-corrected chi connectivity index (χ1v) is 8.26. The smallest absolute Gasteiger partial charge is 0.245 e. The van der Waals surface area contributed by atoms with Crippen LogP contribution < -0.4 is 0 Å². The van der Waals surface area contributed by atoms with Gasteiger partial charge in [0.2, 0.25) is 11.8 Å². The highest BCUT2D eigenvalue weighted by atomic mass is 16.2. The van der Waals surface area contributed by atoms with Crippen molar-refractivity contribution in [2.24, 2.45) is 0 Å². The number of benzene rings is 1. The van der Waals surface area contributed by atoms with Gasteiger partial charge in [0.1, 0.15) is 6.04 Å². The minimum absolute atomic E-state index is 0.0302. The Kier molecular flexibility index (Phi) is 4.46. The molecule has 0 aliphatic carbocycles. The van der Waals surface area contributed by atoms with E-state index in [1.807, 2.05) is 23.1 Å². The van der Waals surface area contributed by atoms with Crippen molar-refractivity contribution >= 4 is 17.6 Å². The van der Waals surface area contributed by atoms with E-state index in [9.17, 15) is 14.4 Å². The molecular formula is C18H22N2O3.